The fourth-order valence-corrected chi connectivity index (χ4v) is 8.31. The van der Waals surface area contributed by atoms with Gasteiger partial charge >= 0.3 is 13.3 Å². The number of amides is 2. The van der Waals surface area contributed by atoms with E-state index in [1.807, 2.05) is 84.9 Å². The first-order valence-corrected chi connectivity index (χ1v) is 20.5. The number of hydrogen-bond acceptors (Lipinski definition) is 8. The summed E-state index contributed by atoms with van der Waals surface area (Å²) >= 11 is 11.2. The third-order valence-corrected chi connectivity index (χ3v) is 10.6. The first-order chi connectivity index (χ1) is 24.3. The predicted octanol–water partition coefficient (Wildman–Crippen LogP) is 9.60. The Balaban J connectivity index is 0.000000194. The van der Waals surface area contributed by atoms with Crippen molar-refractivity contribution in [1.82, 2.24) is 10.2 Å². The summed E-state index contributed by atoms with van der Waals surface area (Å²) in [5.41, 5.74) is 0.982. The van der Waals surface area contributed by atoms with E-state index >= 15 is 0 Å². The van der Waals surface area contributed by atoms with Crippen molar-refractivity contribution in [3.05, 3.63) is 193 Å². The van der Waals surface area contributed by atoms with E-state index in [0.29, 0.717) is 34.1 Å². The van der Waals surface area contributed by atoms with Crippen LogP contribution in [0.2, 0.25) is 0 Å². The molecule has 6 aromatic carbocycles. The van der Waals surface area contributed by atoms with Gasteiger partial charge in [-0.2, -0.15) is 0 Å². The SMILES string of the molecule is O=C(NP(=S)(Oc1ccccc1)Oc1ccccc1)c1ccccc1.O=C(NP(=S)(Oc1ccccc1)Oc1ccccc1)c1ccccc1. The van der Waals surface area contributed by atoms with E-state index in [0.717, 1.165) is 0 Å². The smallest absolute Gasteiger partial charge is 0.395 e. The molecular formula is C38H32N2O6P2S2. The molecule has 50 heavy (non-hydrogen) atoms. The lowest BCUT2D eigenvalue weighted by molar-refractivity contribution is 0.0968. The van der Waals surface area contributed by atoms with Crippen LogP contribution in [-0.2, 0) is 23.6 Å². The van der Waals surface area contributed by atoms with Crippen molar-refractivity contribution in [3.8, 4) is 23.0 Å². The average Bonchev–Trinajstić information content (AvgIpc) is 3.14. The number of carbonyl (C=O) groups excluding carboxylic acids is 2. The van der Waals surface area contributed by atoms with Crippen LogP contribution >= 0.6 is 13.3 Å². The molecule has 6 rings (SSSR count). The van der Waals surface area contributed by atoms with Gasteiger partial charge in [0.2, 0.25) is 0 Å². The van der Waals surface area contributed by atoms with Crippen LogP contribution in [0.15, 0.2) is 182 Å². The Bertz CT molecular complexity index is 1810. The molecule has 8 nitrogen and oxygen atoms in total. The van der Waals surface area contributed by atoms with Crippen LogP contribution < -0.4 is 28.3 Å². The second-order valence-electron chi connectivity index (χ2n) is 10.2. The van der Waals surface area contributed by atoms with Crippen LogP contribution in [0, 0.1) is 0 Å². The minimum atomic E-state index is -3.15. The van der Waals surface area contributed by atoms with Gasteiger partial charge in [-0.25, -0.2) is 0 Å². The molecule has 0 unspecified atom stereocenters. The summed E-state index contributed by atoms with van der Waals surface area (Å²) in [5, 5.41) is 5.50. The molecule has 0 spiro atoms. The van der Waals surface area contributed by atoms with E-state index in [1.165, 1.54) is 0 Å². The van der Waals surface area contributed by atoms with Gasteiger partial charge in [-0.3, -0.25) is 19.8 Å². The first-order valence-electron chi connectivity index (χ1n) is 15.2. The Morgan fingerprint density at radius 1 is 0.360 bits per heavy atom. The second kappa shape index (κ2) is 18.0. The normalized spacial score (nSPS) is 10.7. The molecule has 0 saturated carbocycles. The quantitative estimate of drug-likeness (QED) is 0.120. The average molecular weight is 739 g/mol. The van der Waals surface area contributed by atoms with Crippen molar-refractivity contribution in [3.63, 3.8) is 0 Å². The summed E-state index contributed by atoms with van der Waals surface area (Å²) in [7, 11) is 0. The minimum Gasteiger partial charge on any atom is -0.421 e. The first kappa shape index (κ1) is 36.1. The summed E-state index contributed by atoms with van der Waals surface area (Å²) in [5.74, 6) is 1.47. The lowest BCUT2D eigenvalue weighted by Crippen LogP contribution is -2.25. The van der Waals surface area contributed by atoms with Gasteiger partial charge in [-0.1, -0.05) is 109 Å². The molecule has 0 aliphatic rings. The van der Waals surface area contributed by atoms with E-state index in [9.17, 15) is 9.59 Å². The van der Waals surface area contributed by atoms with Crippen LogP contribution in [0.4, 0.5) is 0 Å². The molecule has 0 bridgehead atoms. The van der Waals surface area contributed by atoms with Crippen LogP contribution in [0.1, 0.15) is 20.7 Å². The number of rotatable bonds is 12. The zero-order chi connectivity index (χ0) is 35.1. The molecule has 0 atom stereocenters. The Kier molecular flexibility index (Phi) is 12.9. The monoisotopic (exact) mass is 738 g/mol. The molecule has 0 saturated heterocycles. The summed E-state index contributed by atoms with van der Waals surface area (Å²) < 4.78 is 23.5. The fourth-order valence-electron chi connectivity index (χ4n) is 4.17. The number of nitrogens with one attached hydrogen (secondary N) is 2. The number of hydrogen-bond donors (Lipinski definition) is 2. The van der Waals surface area contributed by atoms with Crippen molar-refractivity contribution in [1.29, 1.82) is 0 Å². The number of benzene rings is 6. The van der Waals surface area contributed by atoms with Gasteiger partial charge in [0.15, 0.2) is 0 Å². The van der Waals surface area contributed by atoms with E-state index < -0.39 is 13.3 Å². The highest BCUT2D eigenvalue weighted by Crippen LogP contribution is 2.46. The highest BCUT2D eigenvalue weighted by Gasteiger charge is 2.27. The summed E-state index contributed by atoms with van der Waals surface area (Å²) in [6.07, 6.45) is 0. The standard InChI is InChI=1S/2C19H16NO3PS/c2*21-19(16-10-4-1-5-11-16)20-24(25,22-17-12-6-2-7-13-17)23-18-14-8-3-9-15-18/h2*1-15H,(H,20,21,25). The van der Waals surface area contributed by atoms with Crippen LogP contribution in [0.25, 0.3) is 0 Å². The van der Waals surface area contributed by atoms with E-state index in [1.54, 1.807) is 97.1 Å². The molecule has 0 heterocycles. The van der Waals surface area contributed by atoms with Gasteiger partial charge in [0, 0.05) is 34.7 Å². The zero-order valence-corrected chi connectivity index (χ0v) is 29.9. The predicted molar refractivity (Wildman–Crippen MR) is 205 cm³/mol. The molecule has 6 aromatic rings. The van der Waals surface area contributed by atoms with Crippen molar-refractivity contribution in [2.24, 2.45) is 0 Å². The van der Waals surface area contributed by atoms with Crippen LogP contribution in [-0.4, -0.2) is 11.8 Å². The third-order valence-electron chi connectivity index (χ3n) is 6.42. The maximum atomic E-state index is 12.5. The third kappa shape index (κ3) is 11.4. The molecule has 2 N–H and O–H groups in total. The molecule has 0 radical (unpaired) electrons. The van der Waals surface area contributed by atoms with Gasteiger partial charge < -0.3 is 18.1 Å². The number of para-hydroxylation sites is 4. The van der Waals surface area contributed by atoms with Crippen molar-refractivity contribution in [2.45, 2.75) is 0 Å². The topological polar surface area (TPSA) is 95.1 Å². The largest absolute Gasteiger partial charge is 0.421 e. The van der Waals surface area contributed by atoms with Gasteiger partial charge in [-0.15, -0.1) is 0 Å². The summed E-state index contributed by atoms with van der Waals surface area (Å²) in [6.45, 7) is -6.30. The van der Waals surface area contributed by atoms with Crippen LogP contribution in [0.3, 0.4) is 0 Å². The Hall–Kier alpha value is -5.24. The van der Waals surface area contributed by atoms with Crippen molar-refractivity contribution in [2.75, 3.05) is 0 Å². The molecule has 0 aromatic heterocycles. The summed E-state index contributed by atoms with van der Waals surface area (Å²) in [6, 6.07) is 53.9. The second-order valence-corrected chi connectivity index (χ2v) is 16.3. The maximum Gasteiger partial charge on any atom is 0.395 e. The van der Waals surface area contributed by atoms with Gasteiger partial charge in [-0.05, 0) is 72.8 Å². The fraction of sp³-hybridized carbons (Fsp3) is 0. The zero-order valence-electron chi connectivity index (χ0n) is 26.5. The minimum absolute atomic E-state index is 0.337. The molecule has 252 valence electrons. The lowest BCUT2D eigenvalue weighted by atomic mass is 10.2. The highest BCUT2D eigenvalue weighted by molar-refractivity contribution is 8.09. The van der Waals surface area contributed by atoms with Gasteiger partial charge in [0.25, 0.3) is 11.8 Å². The molecular weight excluding hydrogens is 707 g/mol. The van der Waals surface area contributed by atoms with E-state index in [2.05, 4.69) is 10.2 Å². The molecule has 0 aliphatic heterocycles. The molecule has 12 heteroatoms. The molecule has 0 fully saturated rings. The Labute approximate surface area is 301 Å². The lowest BCUT2D eigenvalue weighted by Gasteiger charge is -2.24. The van der Waals surface area contributed by atoms with Gasteiger partial charge in [0.1, 0.15) is 23.0 Å². The Morgan fingerprint density at radius 3 is 0.780 bits per heavy atom. The number of carbonyl (C=O) groups is 2. The van der Waals surface area contributed by atoms with Gasteiger partial charge in [0.05, 0.1) is 0 Å². The maximum absolute atomic E-state index is 12.5. The van der Waals surface area contributed by atoms with Crippen molar-refractivity contribution < 1.29 is 27.7 Å². The van der Waals surface area contributed by atoms with E-state index in [4.69, 9.17) is 41.7 Å². The molecule has 2 amide bonds. The van der Waals surface area contributed by atoms with Crippen molar-refractivity contribution >= 4 is 48.7 Å². The summed E-state index contributed by atoms with van der Waals surface area (Å²) in [4.78, 5) is 25.1. The van der Waals surface area contributed by atoms with Crippen LogP contribution in [0.5, 0.6) is 23.0 Å². The van der Waals surface area contributed by atoms with E-state index in [-0.39, 0.29) is 11.8 Å². The highest BCUT2D eigenvalue weighted by atomic mass is 32.5. The Morgan fingerprint density at radius 2 is 0.560 bits per heavy atom. The molecule has 0 aliphatic carbocycles.